The molecule has 0 aliphatic carbocycles. The minimum Gasteiger partial charge on any atom is -0.478 e. The summed E-state index contributed by atoms with van der Waals surface area (Å²) in [4.78, 5) is 12.9. The summed E-state index contributed by atoms with van der Waals surface area (Å²) in [5.74, 6) is -1.57. The van der Waals surface area contributed by atoms with E-state index in [1.54, 1.807) is 25.1 Å². The third kappa shape index (κ3) is 5.88. The molecular weight excluding hydrogens is 440 g/mol. The number of alkyl halides is 3. The zero-order valence-corrected chi connectivity index (χ0v) is 17.7. The highest BCUT2D eigenvalue weighted by Gasteiger charge is 2.32. The van der Waals surface area contributed by atoms with Crippen molar-refractivity contribution in [3.63, 3.8) is 0 Å². The first-order chi connectivity index (χ1) is 15.6. The molecule has 0 bridgehead atoms. The van der Waals surface area contributed by atoms with Gasteiger partial charge < -0.3 is 14.8 Å². The average molecular weight is 460 g/mol. The monoisotopic (exact) mass is 460 g/mol. The number of carbonyl (C=O) groups is 1. The fourth-order valence-electron chi connectivity index (χ4n) is 2.98. The topological polar surface area (TPSA) is 71.4 Å². The fourth-order valence-corrected chi connectivity index (χ4v) is 2.98. The van der Waals surface area contributed by atoms with E-state index in [4.69, 9.17) is 14.9 Å². The van der Waals surface area contributed by atoms with E-state index in [-0.39, 0.29) is 23.0 Å². The van der Waals surface area contributed by atoms with E-state index in [1.807, 2.05) is 0 Å². The molecule has 0 saturated carbocycles. The normalized spacial score (nSPS) is 11.1. The van der Waals surface area contributed by atoms with E-state index in [0.29, 0.717) is 23.4 Å². The third-order valence-electron chi connectivity index (χ3n) is 4.58. The zero-order valence-electron chi connectivity index (χ0n) is 17.7. The molecule has 0 unspecified atom stereocenters. The van der Waals surface area contributed by atoms with Crippen molar-refractivity contribution in [3.05, 3.63) is 88.7 Å². The number of amides is 1. The molecule has 0 aliphatic rings. The van der Waals surface area contributed by atoms with Crippen LogP contribution in [0.1, 0.15) is 34.0 Å². The van der Waals surface area contributed by atoms with Gasteiger partial charge in [0, 0.05) is 11.3 Å². The van der Waals surface area contributed by atoms with Crippen molar-refractivity contribution in [3.8, 4) is 11.5 Å². The van der Waals surface area contributed by atoms with Crippen LogP contribution in [0.15, 0.2) is 60.7 Å². The number of hydrogen-bond acceptors (Lipinski definition) is 4. The smallest absolute Gasteiger partial charge is 0.416 e. The van der Waals surface area contributed by atoms with E-state index < -0.39 is 23.5 Å². The Kier molecular flexibility index (Phi) is 7.01. The van der Waals surface area contributed by atoms with Gasteiger partial charge in [-0.3, -0.25) is 10.2 Å². The first-order valence-corrected chi connectivity index (χ1v) is 9.87. The van der Waals surface area contributed by atoms with E-state index in [0.717, 1.165) is 24.3 Å². The molecule has 0 spiro atoms. The summed E-state index contributed by atoms with van der Waals surface area (Å²) >= 11 is 0. The molecule has 0 fully saturated rings. The number of nitrogens with one attached hydrogen (secondary N) is 2. The van der Waals surface area contributed by atoms with Gasteiger partial charge in [0.1, 0.15) is 17.3 Å². The molecule has 33 heavy (non-hydrogen) atoms. The van der Waals surface area contributed by atoms with E-state index in [2.05, 4.69) is 5.32 Å². The Bertz CT molecular complexity index is 1190. The van der Waals surface area contributed by atoms with Crippen LogP contribution in [0.3, 0.4) is 0 Å². The van der Waals surface area contributed by atoms with Crippen LogP contribution in [0, 0.1) is 18.2 Å². The molecule has 2 N–H and O–H groups in total. The summed E-state index contributed by atoms with van der Waals surface area (Å²) in [5, 5.41) is 10.5. The Balaban J connectivity index is 1.95. The first kappa shape index (κ1) is 23.8. The lowest BCUT2D eigenvalue weighted by Gasteiger charge is -2.16. The second-order valence-electron chi connectivity index (χ2n) is 7.02. The van der Waals surface area contributed by atoms with Gasteiger partial charge >= 0.3 is 6.18 Å². The molecule has 0 saturated heterocycles. The molecule has 9 heteroatoms. The van der Waals surface area contributed by atoms with Crippen LogP contribution in [0.5, 0.6) is 11.5 Å². The van der Waals surface area contributed by atoms with E-state index in [9.17, 15) is 22.4 Å². The largest absolute Gasteiger partial charge is 0.478 e. The molecule has 0 atom stereocenters. The van der Waals surface area contributed by atoms with Gasteiger partial charge in [-0.05, 0) is 74.0 Å². The van der Waals surface area contributed by atoms with Crippen molar-refractivity contribution in [2.24, 2.45) is 0 Å². The van der Waals surface area contributed by atoms with Crippen molar-refractivity contribution in [2.45, 2.75) is 20.0 Å². The van der Waals surface area contributed by atoms with Gasteiger partial charge in [-0.2, -0.15) is 13.2 Å². The Labute approximate surface area is 187 Å². The maximum absolute atomic E-state index is 13.4. The van der Waals surface area contributed by atoms with Crippen LogP contribution < -0.4 is 10.1 Å². The maximum Gasteiger partial charge on any atom is 0.416 e. The predicted octanol–water partition coefficient (Wildman–Crippen LogP) is 6.56. The second kappa shape index (κ2) is 9.72. The lowest BCUT2D eigenvalue weighted by atomic mass is 10.1. The number of halogens is 4. The summed E-state index contributed by atoms with van der Waals surface area (Å²) in [5.41, 5.74) is -0.0786. The number of ether oxygens (including phenoxy) is 2. The summed E-state index contributed by atoms with van der Waals surface area (Å²) in [7, 11) is 0. The Hall–Kier alpha value is -3.88. The summed E-state index contributed by atoms with van der Waals surface area (Å²) < 4.78 is 63.9. The highest BCUT2D eigenvalue weighted by molar-refractivity contribution is 6.07. The molecule has 3 rings (SSSR count). The summed E-state index contributed by atoms with van der Waals surface area (Å²) in [6, 6.07) is 12.4. The molecule has 0 radical (unpaired) electrons. The molecule has 172 valence electrons. The number of hydrogen-bond donors (Lipinski definition) is 2. The van der Waals surface area contributed by atoms with Gasteiger partial charge in [-0.15, -0.1) is 0 Å². The average Bonchev–Trinajstić information content (AvgIpc) is 2.75. The van der Waals surface area contributed by atoms with Crippen molar-refractivity contribution < 1.29 is 31.8 Å². The molecule has 0 heterocycles. The van der Waals surface area contributed by atoms with Gasteiger partial charge in [-0.1, -0.05) is 6.07 Å². The van der Waals surface area contributed by atoms with Gasteiger partial charge in [0.05, 0.1) is 17.7 Å². The highest BCUT2D eigenvalue weighted by Crippen LogP contribution is 2.36. The lowest BCUT2D eigenvalue weighted by molar-refractivity contribution is -0.137. The van der Waals surface area contributed by atoms with Gasteiger partial charge in [0.25, 0.3) is 5.91 Å². The second-order valence-corrected chi connectivity index (χ2v) is 7.02. The Morgan fingerprint density at radius 2 is 1.79 bits per heavy atom. The molecular formula is C24H20F4N2O3. The minimum atomic E-state index is -4.65. The van der Waals surface area contributed by atoms with Crippen LogP contribution in [-0.4, -0.2) is 18.4 Å². The number of anilines is 1. The van der Waals surface area contributed by atoms with Crippen molar-refractivity contribution >= 4 is 17.5 Å². The number of aryl methyl sites for hydroxylation is 1. The van der Waals surface area contributed by atoms with Crippen LogP contribution >= 0.6 is 0 Å². The number of benzene rings is 3. The maximum atomic E-state index is 13.4. The van der Waals surface area contributed by atoms with Crippen LogP contribution in [0.4, 0.5) is 23.2 Å². The van der Waals surface area contributed by atoms with E-state index in [1.165, 1.54) is 25.1 Å². The lowest BCUT2D eigenvalue weighted by Crippen LogP contribution is -2.15. The standard InChI is InChI=1S/C24H20F4N2O3/c1-3-32-22(29)15-5-4-6-18(12-15)30-23(31)19-9-7-16(24(26,27)28)13-21(19)33-20-10-8-17(25)11-14(20)2/h4-13,29H,3H2,1-2H3,(H,30,31). The van der Waals surface area contributed by atoms with Crippen LogP contribution in [0.25, 0.3) is 0 Å². The molecule has 3 aromatic rings. The Morgan fingerprint density at radius 1 is 1.03 bits per heavy atom. The van der Waals surface area contributed by atoms with Crippen molar-refractivity contribution in [1.29, 1.82) is 5.41 Å². The van der Waals surface area contributed by atoms with Crippen molar-refractivity contribution in [2.75, 3.05) is 11.9 Å². The van der Waals surface area contributed by atoms with Crippen molar-refractivity contribution in [1.82, 2.24) is 0 Å². The summed E-state index contributed by atoms with van der Waals surface area (Å²) in [6.45, 7) is 3.56. The van der Waals surface area contributed by atoms with Gasteiger partial charge in [0.2, 0.25) is 5.90 Å². The predicted molar refractivity (Wildman–Crippen MR) is 116 cm³/mol. The molecule has 5 nitrogen and oxygen atoms in total. The number of carbonyl (C=O) groups excluding carboxylic acids is 1. The van der Waals surface area contributed by atoms with E-state index >= 15 is 0 Å². The van der Waals surface area contributed by atoms with Crippen LogP contribution in [-0.2, 0) is 10.9 Å². The molecule has 1 amide bonds. The summed E-state index contributed by atoms with van der Waals surface area (Å²) in [6.07, 6.45) is -4.65. The Morgan fingerprint density at radius 3 is 2.45 bits per heavy atom. The quantitative estimate of drug-likeness (QED) is 0.249. The molecule has 3 aromatic carbocycles. The fraction of sp³-hybridized carbons (Fsp3) is 0.167. The first-order valence-electron chi connectivity index (χ1n) is 9.87. The van der Waals surface area contributed by atoms with Gasteiger partial charge in [-0.25, -0.2) is 4.39 Å². The van der Waals surface area contributed by atoms with Crippen LogP contribution in [0.2, 0.25) is 0 Å². The van der Waals surface area contributed by atoms with Gasteiger partial charge in [0.15, 0.2) is 0 Å². The zero-order chi connectivity index (χ0) is 24.2. The minimum absolute atomic E-state index is 0.0843. The highest BCUT2D eigenvalue weighted by atomic mass is 19.4. The molecule has 0 aliphatic heterocycles. The molecule has 0 aromatic heterocycles. The SMILES string of the molecule is CCOC(=N)c1cccc(NC(=O)c2ccc(C(F)(F)F)cc2Oc2ccc(F)cc2C)c1. The number of rotatable bonds is 6. The third-order valence-corrected chi connectivity index (χ3v) is 4.58.